The number of piperidine rings is 1. The van der Waals surface area contributed by atoms with Crippen molar-refractivity contribution in [3.63, 3.8) is 0 Å². The Morgan fingerprint density at radius 2 is 1.73 bits per heavy atom. The number of benzene rings is 3. The van der Waals surface area contributed by atoms with E-state index in [9.17, 15) is 24.0 Å². The van der Waals surface area contributed by atoms with Crippen LogP contribution in [-0.4, -0.2) is 88.0 Å². The van der Waals surface area contributed by atoms with Crippen LogP contribution in [0.5, 0.6) is 0 Å². The monoisotopic (exact) mass is 707 g/mol. The molecule has 0 spiro atoms. The highest BCUT2D eigenvalue weighted by molar-refractivity contribution is 7.13. The van der Waals surface area contributed by atoms with Gasteiger partial charge < -0.3 is 20.0 Å². The molecule has 2 N–H and O–H groups in total. The first-order valence-electron chi connectivity index (χ1n) is 16.9. The molecular weight excluding hydrogens is 674 g/mol. The predicted octanol–water partition coefficient (Wildman–Crippen LogP) is 3.63. The summed E-state index contributed by atoms with van der Waals surface area (Å²) >= 11 is 1.28. The van der Waals surface area contributed by atoms with Gasteiger partial charge in [0.05, 0.1) is 6.54 Å². The molecule has 2 saturated heterocycles. The SMILES string of the molecule is O=C1CCC(N2Cc3cc(CN4CCN(c5ccc(-c6cc(F)c7c(c6)C(=O)N(CC(=O)Nc6nccs6)C7)cc5)CC4)ccc3C2=O)C(=O)N1. The van der Waals surface area contributed by atoms with Crippen molar-refractivity contribution >= 4 is 51.7 Å². The quantitative estimate of drug-likeness (QED) is 0.266. The van der Waals surface area contributed by atoms with Crippen LogP contribution in [0.1, 0.15) is 50.2 Å². The van der Waals surface area contributed by atoms with Crippen molar-refractivity contribution in [1.29, 1.82) is 0 Å². The molecule has 0 saturated carbocycles. The highest BCUT2D eigenvalue weighted by atomic mass is 32.1. The van der Waals surface area contributed by atoms with Gasteiger partial charge in [-0.05, 0) is 59.0 Å². The lowest BCUT2D eigenvalue weighted by Gasteiger charge is -2.36. The van der Waals surface area contributed by atoms with Crippen LogP contribution >= 0.6 is 11.3 Å². The number of anilines is 2. The topological polar surface area (TPSA) is 135 Å². The number of aromatic nitrogens is 1. The number of amides is 5. The number of nitrogens with one attached hydrogen (secondary N) is 2. The van der Waals surface area contributed by atoms with Gasteiger partial charge in [0.15, 0.2) is 5.13 Å². The first-order chi connectivity index (χ1) is 24.7. The van der Waals surface area contributed by atoms with Gasteiger partial charge in [-0.3, -0.25) is 34.2 Å². The highest BCUT2D eigenvalue weighted by Crippen LogP contribution is 2.33. The number of fused-ring (bicyclic) bond motifs is 2. The number of imide groups is 1. The van der Waals surface area contributed by atoms with Crippen LogP contribution in [0.3, 0.4) is 0 Å². The molecular formula is C37H34FN7O5S. The van der Waals surface area contributed by atoms with E-state index >= 15 is 4.39 Å². The van der Waals surface area contributed by atoms with E-state index < -0.39 is 17.8 Å². The molecule has 51 heavy (non-hydrogen) atoms. The third-order valence-electron chi connectivity index (χ3n) is 10.0. The Kier molecular flexibility index (Phi) is 8.56. The molecule has 14 heteroatoms. The Balaban J connectivity index is 0.861. The minimum Gasteiger partial charge on any atom is -0.369 e. The van der Waals surface area contributed by atoms with Crippen molar-refractivity contribution in [2.75, 3.05) is 42.9 Å². The molecule has 1 unspecified atom stereocenters. The Bertz CT molecular complexity index is 2060. The van der Waals surface area contributed by atoms with E-state index in [1.807, 2.05) is 36.4 Å². The van der Waals surface area contributed by atoms with Crippen LogP contribution in [0.4, 0.5) is 15.2 Å². The van der Waals surface area contributed by atoms with Gasteiger partial charge in [-0.15, -0.1) is 11.3 Å². The zero-order valence-electron chi connectivity index (χ0n) is 27.6. The van der Waals surface area contributed by atoms with Crippen molar-refractivity contribution in [2.45, 2.75) is 38.5 Å². The van der Waals surface area contributed by atoms with Crippen LogP contribution < -0.4 is 15.5 Å². The van der Waals surface area contributed by atoms with Crippen LogP contribution in [0, 0.1) is 5.82 Å². The van der Waals surface area contributed by atoms with E-state index in [2.05, 4.69) is 31.5 Å². The normalized spacial score (nSPS) is 19.0. The molecule has 0 aliphatic carbocycles. The van der Waals surface area contributed by atoms with Crippen molar-refractivity contribution < 1.29 is 28.4 Å². The summed E-state index contributed by atoms with van der Waals surface area (Å²) in [4.78, 5) is 74.2. The Labute approximate surface area is 296 Å². The number of halogens is 1. The molecule has 0 bridgehead atoms. The number of rotatable bonds is 8. The molecule has 4 aromatic rings. The summed E-state index contributed by atoms with van der Waals surface area (Å²) in [6.07, 6.45) is 2.15. The van der Waals surface area contributed by atoms with Crippen LogP contribution in [-0.2, 0) is 34.0 Å². The number of hydrogen-bond acceptors (Lipinski definition) is 9. The predicted molar refractivity (Wildman–Crippen MR) is 187 cm³/mol. The maximum atomic E-state index is 15.2. The van der Waals surface area contributed by atoms with Gasteiger partial charge in [-0.1, -0.05) is 24.3 Å². The largest absolute Gasteiger partial charge is 0.369 e. The lowest BCUT2D eigenvalue weighted by Crippen LogP contribution is -2.52. The van der Waals surface area contributed by atoms with Gasteiger partial charge in [0.25, 0.3) is 11.8 Å². The minimum atomic E-state index is -0.626. The molecule has 2 fully saturated rings. The molecule has 0 radical (unpaired) electrons. The van der Waals surface area contributed by atoms with Crippen molar-refractivity contribution in [2.24, 2.45) is 0 Å². The smallest absolute Gasteiger partial charge is 0.255 e. The zero-order valence-corrected chi connectivity index (χ0v) is 28.4. The number of hydrogen-bond donors (Lipinski definition) is 2. The summed E-state index contributed by atoms with van der Waals surface area (Å²) in [7, 11) is 0. The average Bonchev–Trinajstić information content (AvgIpc) is 3.83. The average molecular weight is 708 g/mol. The second-order valence-corrected chi connectivity index (χ2v) is 14.1. The zero-order chi connectivity index (χ0) is 35.2. The lowest BCUT2D eigenvalue weighted by molar-refractivity contribution is -0.137. The van der Waals surface area contributed by atoms with Crippen molar-refractivity contribution in [3.8, 4) is 11.1 Å². The van der Waals surface area contributed by atoms with Crippen LogP contribution in [0.25, 0.3) is 11.1 Å². The first kappa shape index (κ1) is 32.7. The molecule has 4 aliphatic heterocycles. The summed E-state index contributed by atoms with van der Waals surface area (Å²) in [5.74, 6) is -2.11. The fourth-order valence-corrected chi connectivity index (χ4v) is 7.89. The molecule has 12 nitrogen and oxygen atoms in total. The molecule has 3 aromatic carbocycles. The van der Waals surface area contributed by atoms with Crippen molar-refractivity contribution in [3.05, 3.63) is 99.8 Å². The van der Waals surface area contributed by atoms with E-state index in [1.54, 1.807) is 22.5 Å². The molecule has 4 aliphatic rings. The number of nitrogens with zero attached hydrogens (tertiary/aromatic N) is 5. The van der Waals surface area contributed by atoms with Crippen molar-refractivity contribution in [1.82, 2.24) is 25.0 Å². The fourth-order valence-electron chi connectivity index (χ4n) is 7.35. The first-order valence-corrected chi connectivity index (χ1v) is 17.7. The Morgan fingerprint density at radius 3 is 2.47 bits per heavy atom. The molecule has 1 atom stereocenters. The number of piperazine rings is 1. The standard InChI is InChI=1S/C37H34FN7O5S/c38-30-17-24(16-28-29(30)20-44(35(28)49)21-33(47)41-37-39-9-14-51-37)23-2-4-26(5-3-23)43-12-10-42(11-13-43)18-22-1-6-27-25(15-22)19-45(36(27)50)31-7-8-32(46)40-34(31)48/h1-6,9,14-17,31H,7-8,10-13,18-21H2,(H,39,41,47)(H,40,46,48). The number of thiazole rings is 1. The fraction of sp³-hybridized carbons (Fsp3) is 0.297. The molecule has 5 heterocycles. The highest BCUT2D eigenvalue weighted by Gasteiger charge is 2.39. The Morgan fingerprint density at radius 1 is 0.922 bits per heavy atom. The van der Waals surface area contributed by atoms with E-state index in [4.69, 9.17) is 0 Å². The summed E-state index contributed by atoms with van der Waals surface area (Å²) < 4.78 is 15.2. The molecule has 260 valence electrons. The van der Waals surface area contributed by atoms with Gasteiger partial charge in [0.2, 0.25) is 17.7 Å². The van der Waals surface area contributed by atoms with Gasteiger partial charge in [0, 0.05) is 79.6 Å². The third-order valence-corrected chi connectivity index (χ3v) is 10.7. The second kappa shape index (κ2) is 13.3. The number of carbonyl (C=O) groups excluding carboxylic acids is 5. The summed E-state index contributed by atoms with van der Waals surface area (Å²) in [6, 6.07) is 16.3. The van der Waals surface area contributed by atoms with Gasteiger partial charge >= 0.3 is 0 Å². The maximum Gasteiger partial charge on any atom is 0.255 e. The van der Waals surface area contributed by atoms with Crippen LogP contribution in [0.15, 0.2) is 66.2 Å². The number of carbonyl (C=O) groups is 5. The second-order valence-electron chi connectivity index (χ2n) is 13.2. The molecule has 5 amide bonds. The molecule has 1 aromatic heterocycles. The van der Waals surface area contributed by atoms with Crippen LogP contribution in [0.2, 0.25) is 0 Å². The van der Waals surface area contributed by atoms with E-state index in [0.717, 1.165) is 55.1 Å². The Hall–Kier alpha value is -5.47. The van der Waals surface area contributed by atoms with Gasteiger partial charge in [0.1, 0.15) is 18.4 Å². The summed E-state index contributed by atoms with van der Waals surface area (Å²) in [6.45, 7) is 4.27. The summed E-state index contributed by atoms with van der Waals surface area (Å²) in [5, 5.41) is 7.19. The van der Waals surface area contributed by atoms with E-state index in [0.29, 0.717) is 34.8 Å². The molecule has 8 rings (SSSR count). The maximum absolute atomic E-state index is 15.2. The minimum absolute atomic E-state index is 0.0335. The third kappa shape index (κ3) is 6.48. The van der Waals surface area contributed by atoms with E-state index in [1.165, 1.54) is 22.3 Å². The van der Waals surface area contributed by atoms with Gasteiger partial charge in [-0.2, -0.15) is 0 Å². The lowest BCUT2D eigenvalue weighted by atomic mass is 9.99. The van der Waals surface area contributed by atoms with Gasteiger partial charge in [-0.25, -0.2) is 9.37 Å². The van der Waals surface area contributed by atoms with E-state index in [-0.39, 0.29) is 48.7 Å². The summed E-state index contributed by atoms with van der Waals surface area (Å²) in [5.41, 5.74) is 5.63.